The molecular weight excluding hydrogens is 481 g/mol. The number of hydrogen-bond acceptors (Lipinski definition) is 5. The molecule has 0 amide bonds. The van der Waals surface area contributed by atoms with Crippen LogP contribution in [-0.4, -0.2) is 41.3 Å². The summed E-state index contributed by atoms with van der Waals surface area (Å²) in [6.45, 7) is 2.09. The van der Waals surface area contributed by atoms with E-state index in [0.29, 0.717) is 11.7 Å². The first-order valence-electron chi connectivity index (χ1n) is 10.2. The quantitative estimate of drug-likeness (QED) is 0.448. The maximum atomic E-state index is 13.7. The molecule has 1 N–H and O–H groups in total. The minimum atomic E-state index is -0.680. The first-order valence-corrected chi connectivity index (χ1v) is 12.5. The van der Waals surface area contributed by atoms with Crippen molar-refractivity contribution < 1.29 is 8.60 Å². The summed E-state index contributed by atoms with van der Waals surface area (Å²) in [5.41, 5.74) is 4.02. The van der Waals surface area contributed by atoms with Crippen molar-refractivity contribution in [2.24, 2.45) is 0 Å². The highest BCUT2D eigenvalue weighted by Crippen LogP contribution is 2.30. The fourth-order valence-corrected chi connectivity index (χ4v) is 5.98. The van der Waals surface area contributed by atoms with Gasteiger partial charge in [-0.2, -0.15) is 5.10 Å². The van der Waals surface area contributed by atoms with Crippen LogP contribution in [-0.2, 0) is 10.8 Å². The van der Waals surface area contributed by atoms with Gasteiger partial charge >= 0.3 is 0 Å². The van der Waals surface area contributed by atoms with Crippen LogP contribution >= 0.6 is 15.9 Å². The highest BCUT2D eigenvalue weighted by molar-refractivity contribution is 9.10. The minimum Gasteiger partial charge on any atom is -0.306 e. The Bertz CT molecular complexity index is 1300. The van der Waals surface area contributed by atoms with Gasteiger partial charge in [0.2, 0.25) is 0 Å². The molecule has 9 heteroatoms. The van der Waals surface area contributed by atoms with Gasteiger partial charge in [0, 0.05) is 63.3 Å². The van der Waals surface area contributed by atoms with E-state index in [4.69, 9.17) is 4.98 Å². The van der Waals surface area contributed by atoms with E-state index in [-0.39, 0.29) is 11.9 Å². The van der Waals surface area contributed by atoms with Gasteiger partial charge < -0.3 is 5.32 Å². The molecular formula is C22H21BrFN5OS. The zero-order valence-corrected chi connectivity index (χ0v) is 19.3. The molecule has 3 aromatic heterocycles. The number of rotatable bonds is 4. The first kappa shape index (κ1) is 20.7. The molecule has 5 rings (SSSR count). The summed E-state index contributed by atoms with van der Waals surface area (Å²) < 4.78 is 27.9. The predicted molar refractivity (Wildman–Crippen MR) is 124 cm³/mol. The van der Waals surface area contributed by atoms with E-state index in [0.717, 1.165) is 56.5 Å². The van der Waals surface area contributed by atoms with Gasteiger partial charge in [0.15, 0.2) is 5.65 Å². The van der Waals surface area contributed by atoms with Crippen LogP contribution in [0.15, 0.2) is 47.3 Å². The lowest BCUT2D eigenvalue weighted by Gasteiger charge is -2.26. The van der Waals surface area contributed by atoms with Gasteiger partial charge in [0.25, 0.3) is 0 Å². The molecule has 1 atom stereocenters. The summed E-state index contributed by atoms with van der Waals surface area (Å²) in [5, 5.41) is 8.81. The lowest BCUT2D eigenvalue weighted by atomic mass is 10.1. The van der Waals surface area contributed by atoms with Gasteiger partial charge in [-0.05, 0) is 60.0 Å². The van der Waals surface area contributed by atoms with Crippen LogP contribution in [0.4, 0.5) is 4.39 Å². The van der Waals surface area contributed by atoms with Crippen LogP contribution in [0.25, 0.3) is 27.7 Å². The number of nitrogens with zero attached hydrogens (tertiary/aromatic N) is 4. The van der Waals surface area contributed by atoms with Crippen molar-refractivity contribution in [1.29, 1.82) is 0 Å². The van der Waals surface area contributed by atoms with Crippen molar-refractivity contribution in [3.8, 4) is 11.1 Å². The Morgan fingerprint density at radius 3 is 2.87 bits per heavy atom. The first-order chi connectivity index (χ1) is 15.0. The van der Waals surface area contributed by atoms with Crippen LogP contribution in [0.5, 0.6) is 0 Å². The van der Waals surface area contributed by atoms with E-state index in [1.807, 2.05) is 12.3 Å². The SMILES string of the molecule is CC(NC1CCS(=O)CC1)c1nc2c(-c3cnc4ccc(F)cc4c3)cnn2cc1Br. The molecule has 4 aromatic rings. The number of fused-ring (bicyclic) bond motifs is 2. The third-order valence-electron chi connectivity index (χ3n) is 5.71. The molecule has 0 bridgehead atoms. The molecule has 1 aliphatic rings. The van der Waals surface area contributed by atoms with Gasteiger partial charge in [0.1, 0.15) is 5.82 Å². The molecule has 0 radical (unpaired) electrons. The molecule has 160 valence electrons. The van der Waals surface area contributed by atoms with Gasteiger partial charge in [-0.25, -0.2) is 13.9 Å². The summed E-state index contributed by atoms with van der Waals surface area (Å²) >= 11 is 3.63. The lowest BCUT2D eigenvalue weighted by Crippen LogP contribution is -2.37. The average molecular weight is 502 g/mol. The summed E-state index contributed by atoms with van der Waals surface area (Å²) in [5.74, 6) is 1.21. The maximum Gasteiger partial charge on any atom is 0.163 e. The fourth-order valence-electron chi connectivity index (χ4n) is 4.05. The van der Waals surface area contributed by atoms with Crippen LogP contribution in [0.2, 0.25) is 0 Å². The normalized spacial score (nSPS) is 20.4. The van der Waals surface area contributed by atoms with Crippen molar-refractivity contribution in [1.82, 2.24) is 24.9 Å². The van der Waals surface area contributed by atoms with Crippen molar-refractivity contribution >= 4 is 43.3 Å². The molecule has 1 aliphatic heterocycles. The number of pyridine rings is 1. The molecule has 6 nitrogen and oxygen atoms in total. The minimum absolute atomic E-state index is 0.0162. The summed E-state index contributed by atoms with van der Waals surface area (Å²) in [6.07, 6.45) is 7.26. The highest BCUT2D eigenvalue weighted by atomic mass is 79.9. The molecule has 0 aliphatic carbocycles. The molecule has 1 saturated heterocycles. The van der Waals surface area contributed by atoms with Gasteiger partial charge in [0.05, 0.1) is 21.9 Å². The molecule has 4 heterocycles. The molecule has 1 unspecified atom stereocenters. The Balaban J connectivity index is 1.50. The highest BCUT2D eigenvalue weighted by Gasteiger charge is 2.22. The molecule has 31 heavy (non-hydrogen) atoms. The smallest absolute Gasteiger partial charge is 0.163 e. The number of nitrogens with one attached hydrogen (secondary N) is 1. The molecule has 1 aromatic carbocycles. The van der Waals surface area contributed by atoms with Crippen LogP contribution < -0.4 is 5.32 Å². The number of halogens is 2. The van der Waals surface area contributed by atoms with E-state index in [9.17, 15) is 8.60 Å². The van der Waals surface area contributed by atoms with E-state index in [1.165, 1.54) is 12.1 Å². The maximum absolute atomic E-state index is 13.7. The topological polar surface area (TPSA) is 72.2 Å². The van der Waals surface area contributed by atoms with E-state index in [2.05, 4.69) is 38.3 Å². The standard InChI is InChI=1S/C22H21BrFN5OS/c1-13(27-17-4-6-31(30)7-5-17)21-19(23)12-29-22(28-21)18(11-26-29)15-8-14-9-16(24)2-3-20(14)25-10-15/h2-3,8-13,17,27H,4-7H2,1H3. The van der Waals surface area contributed by atoms with Crippen molar-refractivity contribution in [3.63, 3.8) is 0 Å². The Kier molecular flexibility index (Phi) is 5.58. The third kappa shape index (κ3) is 4.14. The molecule has 0 saturated carbocycles. The van der Waals surface area contributed by atoms with E-state index < -0.39 is 10.8 Å². The van der Waals surface area contributed by atoms with Crippen molar-refractivity contribution in [2.45, 2.75) is 31.8 Å². The zero-order valence-electron chi connectivity index (χ0n) is 16.9. The second-order valence-electron chi connectivity index (χ2n) is 7.87. The van der Waals surface area contributed by atoms with Gasteiger partial charge in [-0.15, -0.1) is 0 Å². The van der Waals surface area contributed by atoms with E-state index in [1.54, 1.807) is 23.0 Å². The Hall–Kier alpha value is -2.23. The Morgan fingerprint density at radius 1 is 1.26 bits per heavy atom. The number of benzene rings is 1. The lowest BCUT2D eigenvalue weighted by molar-refractivity contribution is 0.421. The largest absolute Gasteiger partial charge is 0.306 e. The van der Waals surface area contributed by atoms with Gasteiger partial charge in [-0.3, -0.25) is 9.19 Å². The van der Waals surface area contributed by atoms with Crippen LogP contribution in [0.1, 0.15) is 31.5 Å². The average Bonchev–Trinajstić information content (AvgIpc) is 3.16. The molecule has 0 spiro atoms. The predicted octanol–water partition coefficient (Wildman–Crippen LogP) is 4.41. The number of aromatic nitrogens is 4. The number of hydrogen-bond donors (Lipinski definition) is 1. The van der Waals surface area contributed by atoms with Gasteiger partial charge in [-0.1, -0.05) is 0 Å². The van der Waals surface area contributed by atoms with Crippen molar-refractivity contribution in [2.75, 3.05) is 11.5 Å². The third-order valence-corrected chi connectivity index (χ3v) is 7.71. The Morgan fingerprint density at radius 2 is 2.06 bits per heavy atom. The van der Waals surface area contributed by atoms with Crippen LogP contribution in [0.3, 0.4) is 0 Å². The summed E-state index contributed by atoms with van der Waals surface area (Å²) in [6, 6.07) is 6.83. The summed E-state index contributed by atoms with van der Waals surface area (Å²) in [7, 11) is -0.680. The summed E-state index contributed by atoms with van der Waals surface area (Å²) in [4.78, 5) is 9.38. The monoisotopic (exact) mass is 501 g/mol. The second kappa shape index (κ2) is 8.37. The Labute approximate surface area is 189 Å². The van der Waals surface area contributed by atoms with E-state index >= 15 is 0 Å². The van der Waals surface area contributed by atoms with Crippen LogP contribution in [0, 0.1) is 5.82 Å². The van der Waals surface area contributed by atoms with Crippen molar-refractivity contribution in [3.05, 3.63) is 58.8 Å². The molecule has 1 fully saturated rings. The second-order valence-corrected chi connectivity index (χ2v) is 10.4. The zero-order chi connectivity index (χ0) is 21.5. The fraction of sp³-hybridized carbons (Fsp3) is 0.318.